The maximum absolute atomic E-state index is 11.7. The van der Waals surface area contributed by atoms with Crippen molar-refractivity contribution in [1.82, 2.24) is 10.4 Å². The van der Waals surface area contributed by atoms with Gasteiger partial charge in [-0.2, -0.15) is 5.10 Å². The molecule has 0 saturated heterocycles. The zero-order chi connectivity index (χ0) is 16.5. The Morgan fingerprint density at radius 3 is 3.04 bits per heavy atom. The van der Waals surface area contributed by atoms with Gasteiger partial charge in [0.1, 0.15) is 5.75 Å². The molecule has 0 radical (unpaired) electrons. The molecule has 2 rings (SSSR count). The largest absolute Gasteiger partial charge is 0.492 e. The van der Waals surface area contributed by atoms with Gasteiger partial charge in [-0.05, 0) is 53.0 Å². The zero-order valence-electron chi connectivity index (χ0n) is 12.8. The standard InChI is InChI=1S/C17H18BrN3O2/c1-13-6-7-16(15(18)10-13)23-9-3-5-17(22)21-20-12-14-4-2-8-19-11-14/h2,4,6-8,10-12H,3,5,9H2,1H3,(H,21,22)/b20-12+. The first-order valence-corrected chi connectivity index (χ1v) is 8.05. The predicted octanol–water partition coefficient (Wildman–Crippen LogP) is 3.46. The summed E-state index contributed by atoms with van der Waals surface area (Å²) in [5, 5.41) is 3.89. The van der Waals surface area contributed by atoms with E-state index in [2.05, 4.69) is 31.4 Å². The molecule has 1 amide bonds. The van der Waals surface area contributed by atoms with Crippen LogP contribution in [0.15, 0.2) is 52.3 Å². The average molecular weight is 376 g/mol. The molecule has 23 heavy (non-hydrogen) atoms. The summed E-state index contributed by atoms with van der Waals surface area (Å²) in [4.78, 5) is 15.6. The Morgan fingerprint density at radius 2 is 2.30 bits per heavy atom. The molecule has 0 saturated carbocycles. The maximum atomic E-state index is 11.7. The van der Waals surface area contributed by atoms with Gasteiger partial charge in [-0.3, -0.25) is 9.78 Å². The molecule has 1 aromatic heterocycles. The molecule has 0 bridgehead atoms. The third-order valence-corrected chi connectivity index (χ3v) is 3.60. The quantitative estimate of drug-likeness (QED) is 0.457. The lowest BCUT2D eigenvalue weighted by Gasteiger charge is -2.08. The van der Waals surface area contributed by atoms with Crippen LogP contribution in [0.3, 0.4) is 0 Å². The minimum Gasteiger partial charge on any atom is -0.492 e. The van der Waals surface area contributed by atoms with Crippen LogP contribution in [0.4, 0.5) is 0 Å². The highest BCUT2D eigenvalue weighted by Crippen LogP contribution is 2.25. The molecule has 0 atom stereocenters. The topological polar surface area (TPSA) is 63.6 Å². The maximum Gasteiger partial charge on any atom is 0.240 e. The summed E-state index contributed by atoms with van der Waals surface area (Å²) in [6.45, 7) is 2.49. The van der Waals surface area contributed by atoms with E-state index in [1.807, 2.05) is 37.3 Å². The lowest BCUT2D eigenvalue weighted by molar-refractivity contribution is -0.121. The minimum atomic E-state index is -0.142. The number of nitrogens with one attached hydrogen (secondary N) is 1. The van der Waals surface area contributed by atoms with Gasteiger partial charge in [-0.25, -0.2) is 5.43 Å². The molecule has 0 spiro atoms. The van der Waals surface area contributed by atoms with E-state index in [0.29, 0.717) is 19.4 Å². The van der Waals surface area contributed by atoms with Crippen molar-refractivity contribution in [3.8, 4) is 5.75 Å². The number of hydrogen-bond acceptors (Lipinski definition) is 4. The predicted molar refractivity (Wildman–Crippen MR) is 93.6 cm³/mol. The molecule has 0 unspecified atom stereocenters. The molecule has 1 heterocycles. The van der Waals surface area contributed by atoms with Crippen LogP contribution in [0.1, 0.15) is 24.0 Å². The van der Waals surface area contributed by atoms with Crippen LogP contribution < -0.4 is 10.2 Å². The highest BCUT2D eigenvalue weighted by Gasteiger charge is 2.03. The number of halogens is 1. The first kappa shape index (κ1) is 17.1. The number of aryl methyl sites for hydroxylation is 1. The molecule has 120 valence electrons. The van der Waals surface area contributed by atoms with Crippen molar-refractivity contribution in [2.45, 2.75) is 19.8 Å². The first-order valence-electron chi connectivity index (χ1n) is 7.26. The Balaban J connectivity index is 1.66. The van der Waals surface area contributed by atoms with E-state index in [-0.39, 0.29) is 5.91 Å². The molecule has 0 aliphatic carbocycles. The Hall–Kier alpha value is -2.21. The summed E-state index contributed by atoms with van der Waals surface area (Å²) < 4.78 is 6.56. The number of aromatic nitrogens is 1. The van der Waals surface area contributed by atoms with E-state index in [9.17, 15) is 4.79 Å². The van der Waals surface area contributed by atoms with Gasteiger partial charge in [0.15, 0.2) is 0 Å². The smallest absolute Gasteiger partial charge is 0.240 e. The fourth-order valence-electron chi connectivity index (χ4n) is 1.82. The molecule has 0 aliphatic rings. The number of benzene rings is 1. The SMILES string of the molecule is Cc1ccc(OCCCC(=O)N/N=C/c2cccnc2)c(Br)c1. The van der Waals surface area contributed by atoms with Crippen molar-refractivity contribution in [2.75, 3.05) is 6.61 Å². The van der Waals surface area contributed by atoms with E-state index in [0.717, 1.165) is 21.3 Å². The summed E-state index contributed by atoms with van der Waals surface area (Å²) in [5.74, 6) is 0.641. The van der Waals surface area contributed by atoms with E-state index >= 15 is 0 Å². The van der Waals surface area contributed by atoms with Crippen LogP contribution in [0, 0.1) is 6.92 Å². The Bertz CT molecular complexity index is 675. The Morgan fingerprint density at radius 1 is 1.43 bits per heavy atom. The van der Waals surface area contributed by atoms with Crippen molar-refractivity contribution in [3.63, 3.8) is 0 Å². The van der Waals surface area contributed by atoms with Gasteiger partial charge in [-0.1, -0.05) is 12.1 Å². The molecular formula is C17H18BrN3O2. The highest BCUT2D eigenvalue weighted by molar-refractivity contribution is 9.10. The van der Waals surface area contributed by atoms with Gasteiger partial charge in [0.2, 0.25) is 5.91 Å². The fourth-order valence-corrected chi connectivity index (χ4v) is 2.43. The number of nitrogens with zero attached hydrogens (tertiary/aromatic N) is 2. The number of carbonyl (C=O) groups is 1. The first-order chi connectivity index (χ1) is 11.1. The summed E-state index contributed by atoms with van der Waals surface area (Å²) in [6.07, 6.45) is 5.89. The number of ether oxygens (including phenoxy) is 1. The second-order valence-corrected chi connectivity index (χ2v) is 5.82. The van der Waals surface area contributed by atoms with E-state index < -0.39 is 0 Å². The normalized spacial score (nSPS) is 10.7. The molecule has 1 aromatic carbocycles. The van der Waals surface area contributed by atoms with Gasteiger partial charge in [-0.15, -0.1) is 0 Å². The van der Waals surface area contributed by atoms with Crippen LogP contribution >= 0.6 is 15.9 Å². The zero-order valence-corrected chi connectivity index (χ0v) is 14.4. The highest BCUT2D eigenvalue weighted by atomic mass is 79.9. The van der Waals surface area contributed by atoms with Crippen LogP contribution in [0.5, 0.6) is 5.75 Å². The second kappa shape index (κ2) is 9.05. The van der Waals surface area contributed by atoms with Gasteiger partial charge in [0, 0.05) is 24.4 Å². The van der Waals surface area contributed by atoms with Gasteiger partial charge < -0.3 is 4.74 Å². The molecule has 0 aliphatic heterocycles. The van der Waals surface area contributed by atoms with Gasteiger partial charge in [0.25, 0.3) is 0 Å². The Kier molecular flexibility index (Phi) is 6.75. The van der Waals surface area contributed by atoms with Crippen LogP contribution in [0.25, 0.3) is 0 Å². The summed E-state index contributed by atoms with van der Waals surface area (Å²) >= 11 is 3.46. The van der Waals surface area contributed by atoms with Gasteiger partial charge in [0.05, 0.1) is 17.3 Å². The molecular weight excluding hydrogens is 358 g/mol. The van der Waals surface area contributed by atoms with Gasteiger partial charge >= 0.3 is 0 Å². The fraction of sp³-hybridized carbons (Fsp3) is 0.235. The number of hydrogen-bond donors (Lipinski definition) is 1. The van der Waals surface area contributed by atoms with Crippen LogP contribution in [0.2, 0.25) is 0 Å². The summed E-state index contributed by atoms with van der Waals surface area (Å²) in [6, 6.07) is 9.56. The van der Waals surface area contributed by atoms with Crippen molar-refractivity contribution >= 4 is 28.1 Å². The van der Waals surface area contributed by atoms with Crippen LogP contribution in [-0.2, 0) is 4.79 Å². The molecule has 6 heteroatoms. The third kappa shape index (κ3) is 6.20. The lowest BCUT2D eigenvalue weighted by atomic mass is 10.2. The molecule has 1 N–H and O–H groups in total. The number of hydrazone groups is 1. The minimum absolute atomic E-state index is 0.142. The number of pyridine rings is 1. The second-order valence-electron chi connectivity index (χ2n) is 4.97. The molecule has 0 fully saturated rings. The van der Waals surface area contributed by atoms with Crippen LogP contribution in [-0.4, -0.2) is 23.7 Å². The van der Waals surface area contributed by atoms with Crippen molar-refractivity contribution in [3.05, 3.63) is 58.3 Å². The molecule has 2 aromatic rings. The number of rotatable bonds is 7. The third-order valence-electron chi connectivity index (χ3n) is 2.98. The van der Waals surface area contributed by atoms with E-state index in [1.54, 1.807) is 18.6 Å². The summed E-state index contributed by atoms with van der Waals surface area (Å²) in [7, 11) is 0. The van der Waals surface area contributed by atoms with Crippen molar-refractivity contribution in [2.24, 2.45) is 5.10 Å². The Labute approximate surface area is 143 Å². The number of amides is 1. The molecule has 5 nitrogen and oxygen atoms in total. The lowest BCUT2D eigenvalue weighted by Crippen LogP contribution is -2.18. The monoisotopic (exact) mass is 375 g/mol. The van der Waals surface area contributed by atoms with Crippen molar-refractivity contribution < 1.29 is 9.53 Å². The average Bonchev–Trinajstić information content (AvgIpc) is 2.54. The van der Waals surface area contributed by atoms with Crippen molar-refractivity contribution in [1.29, 1.82) is 0 Å². The van der Waals surface area contributed by atoms with E-state index in [1.165, 1.54) is 0 Å². The summed E-state index contributed by atoms with van der Waals surface area (Å²) in [5.41, 5.74) is 4.48. The number of carbonyl (C=O) groups excluding carboxylic acids is 1. The van der Waals surface area contributed by atoms with E-state index in [4.69, 9.17) is 4.74 Å².